The van der Waals surface area contributed by atoms with Crippen molar-refractivity contribution in [1.82, 2.24) is 15.5 Å². The highest BCUT2D eigenvalue weighted by Gasteiger charge is 2.68. The maximum absolute atomic E-state index is 13.2. The van der Waals surface area contributed by atoms with Gasteiger partial charge in [-0.2, -0.15) is 0 Å². The van der Waals surface area contributed by atoms with E-state index in [-0.39, 0.29) is 16.8 Å². The Bertz CT molecular complexity index is 896. The highest BCUT2D eigenvalue weighted by Crippen LogP contribution is 2.73. The van der Waals surface area contributed by atoms with E-state index in [2.05, 4.69) is 50.4 Å². The van der Waals surface area contributed by atoms with Crippen LogP contribution in [0.4, 0.5) is 0 Å². The summed E-state index contributed by atoms with van der Waals surface area (Å²) in [5.74, 6) is 1.20. The van der Waals surface area contributed by atoms with Crippen LogP contribution in [0.15, 0.2) is 0 Å². The Kier molecular flexibility index (Phi) is 7.44. The minimum absolute atomic E-state index is 0.0589. The van der Waals surface area contributed by atoms with E-state index in [1.807, 2.05) is 6.92 Å². The van der Waals surface area contributed by atoms with E-state index in [1.54, 1.807) is 0 Å². The number of thiocarbonyl (C=S) groups is 1. The third-order valence-electron chi connectivity index (χ3n) is 12.4. The number of fused-ring (bicyclic) bond motifs is 3. The molecule has 5 saturated carbocycles. The lowest BCUT2D eigenvalue weighted by atomic mass is 9.40. The molecule has 5 aliphatic carbocycles. The van der Waals surface area contributed by atoms with Crippen LogP contribution in [0, 0.1) is 33.5 Å². The van der Waals surface area contributed by atoms with Gasteiger partial charge in [0.15, 0.2) is 5.11 Å². The van der Waals surface area contributed by atoms with Crippen molar-refractivity contribution in [3.8, 4) is 0 Å². The van der Waals surface area contributed by atoms with Gasteiger partial charge in [-0.25, -0.2) is 0 Å². The topological polar surface area (TPSA) is 53.6 Å². The summed E-state index contributed by atoms with van der Waals surface area (Å²) in [6.45, 7) is 9.74. The van der Waals surface area contributed by atoms with Crippen LogP contribution in [0.2, 0.25) is 0 Å². The Labute approximate surface area is 231 Å². The predicted molar refractivity (Wildman–Crippen MR) is 154 cm³/mol. The molecule has 5 rings (SSSR count). The number of hydrogen-bond acceptors (Lipinski definition) is 4. The predicted octanol–water partition coefficient (Wildman–Crippen LogP) is 6.06. The maximum Gasteiger partial charge on any atom is 0.312 e. The molecule has 1 spiro atoms. The van der Waals surface area contributed by atoms with Crippen LogP contribution in [-0.4, -0.2) is 54.8 Å². The largest absolute Gasteiger partial charge is 0.466 e. The van der Waals surface area contributed by atoms with Crippen LogP contribution in [0.3, 0.4) is 0 Å². The summed E-state index contributed by atoms with van der Waals surface area (Å²) in [4.78, 5) is 15.6. The number of nitrogens with zero attached hydrogens (tertiary/aromatic N) is 1. The Morgan fingerprint density at radius 2 is 1.68 bits per heavy atom. The molecule has 0 heterocycles. The number of esters is 1. The van der Waals surface area contributed by atoms with Crippen molar-refractivity contribution in [2.75, 3.05) is 20.7 Å². The smallest absolute Gasteiger partial charge is 0.312 e. The number of nitrogens with one attached hydrogen (secondary N) is 2. The van der Waals surface area contributed by atoms with E-state index in [0.29, 0.717) is 47.4 Å². The molecule has 5 fully saturated rings. The summed E-state index contributed by atoms with van der Waals surface area (Å²) in [7, 11) is 4.41. The third kappa shape index (κ3) is 4.54. The van der Waals surface area contributed by atoms with Gasteiger partial charge in [0.1, 0.15) is 0 Å². The van der Waals surface area contributed by atoms with Gasteiger partial charge < -0.3 is 20.3 Å². The van der Waals surface area contributed by atoms with Crippen LogP contribution < -0.4 is 10.6 Å². The molecular formula is C31H53N3O2S. The van der Waals surface area contributed by atoms with Crippen molar-refractivity contribution < 1.29 is 9.53 Å². The Hall–Kier alpha value is -0.880. The van der Waals surface area contributed by atoms with Gasteiger partial charge in [0.2, 0.25) is 0 Å². The minimum Gasteiger partial charge on any atom is -0.466 e. The monoisotopic (exact) mass is 531 g/mol. The minimum atomic E-state index is -0.323. The van der Waals surface area contributed by atoms with E-state index in [9.17, 15) is 4.79 Å². The molecule has 6 heteroatoms. The van der Waals surface area contributed by atoms with E-state index in [1.165, 1.54) is 70.6 Å². The molecule has 2 bridgehead atoms. The van der Waals surface area contributed by atoms with Crippen molar-refractivity contribution >= 4 is 23.3 Å². The third-order valence-corrected chi connectivity index (χ3v) is 12.6. The molecule has 37 heavy (non-hydrogen) atoms. The van der Waals surface area contributed by atoms with Crippen molar-refractivity contribution in [3.05, 3.63) is 0 Å². The first kappa shape index (κ1) is 27.7. The maximum atomic E-state index is 13.2. The van der Waals surface area contributed by atoms with Crippen LogP contribution in [-0.2, 0) is 9.53 Å². The summed E-state index contributed by atoms with van der Waals surface area (Å²) in [5.41, 5.74) is 0.595. The number of hydrogen-bond donors (Lipinski definition) is 2. The van der Waals surface area contributed by atoms with Gasteiger partial charge in [-0.05, 0) is 132 Å². The lowest BCUT2D eigenvalue weighted by Crippen LogP contribution is -2.58. The molecule has 0 aromatic carbocycles. The SMILES string of the molecule is CCOC(=O)[C@]1(C)CCC[C@@]2(C)[C@@H]3CC[C@@]4(C)C[C@]3(CC[C@@H]21)C[C@H]4NC(=S)N[C@H]1CCCC[C@@H]1N(C)C. The standard InChI is InChI=1S/C31H53N3O2S/c1-7-36-26(35)30(4)16-10-15-29(3)23(30)14-18-31-19-25(28(2,20-31)17-13-24(29)31)33-27(37)32-21-11-8-9-12-22(21)34(5)6/h21-25H,7-20H2,1-6H3,(H2,32,33,37)/t21-,22-,23-,24-,25+,28-,29+,30+,31-/m0/s1. The fourth-order valence-corrected chi connectivity index (χ4v) is 11.1. The highest BCUT2D eigenvalue weighted by atomic mass is 32.1. The fourth-order valence-electron chi connectivity index (χ4n) is 10.8. The number of rotatable bonds is 5. The molecule has 0 aromatic rings. The molecule has 0 aliphatic heterocycles. The van der Waals surface area contributed by atoms with Crippen molar-refractivity contribution in [1.29, 1.82) is 0 Å². The van der Waals surface area contributed by atoms with Gasteiger partial charge >= 0.3 is 5.97 Å². The molecule has 0 amide bonds. The van der Waals surface area contributed by atoms with Gasteiger partial charge in [0, 0.05) is 18.1 Å². The van der Waals surface area contributed by atoms with E-state index in [0.717, 1.165) is 18.0 Å². The zero-order valence-corrected chi connectivity index (χ0v) is 25.3. The molecule has 0 aromatic heterocycles. The summed E-state index contributed by atoms with van der Waals surface area (Å²) >= 11 is 5.97. The average molecular weight is 532 g/mol. The number of carbonyl (C=O) groups is 1. The van der Waals surface area contributed by atoms with Crippen molar-refractivity contribution in [2.24, 2.45) is 33.5 Å². The van der Waals surface area contributed by atoms with Gasteiger partial charge in [0.25, 0.3) is 0 Å². The Morgan fingerprint density at radius 3 is 2.41 bits per heavy atom. The first-order chi connectivity index (χ1) is 17.5. The molecule has 0 saturated heterocycles. The summed E-state index contributed by atoms with van der Waals surface area (Å²) in [5, 5.41) is 8.52. The van der Waals surface area contributed by atoms with Crippen LogP contribution in [0.25, 0.3) is 0 Å². The molecule has 210 valence electrons. The van der Waals surface area contributed by atoms with Crippen LogP contribution >= 0.6 is 12.2 Å². The first-order valence-electron chi connectivity index (χ1n) is 15.4. The van der Waals surface area contributed by atoms with Gasteiger partial charge in [0.05, 0.1) is 12.0 Å². The van der Waals surface area contributed by atoms with Gasteiger partial charge in [-0.3, -0.25) is 4.79 Å². The molecular weight excluding hydrogens is 478 g/mol. The molecule has 5 aliphatic rings. The lowest BCUT2D eigenvalue weighted by molar-refractivity contribution is -0.187. The van der Waals surface area contributed by atoms with Crippen LogP contribution in [0.5, 0.6) is 0 Å². The highest BCUT2D eigenvalue weighted by molar-refractivity contribution is 7.80. The molecule has 5 nitrogen and oxygen atoms in total. The van der Waals surface area contributed by atoms with E-state index >= 15 is 0 Å². The fraction of sp³-hybridized carbons (Fsp3) is 0.935. The second kappa shape index (κ2) is 9.94. The second-order valence-corrected chi connectivity index (χ2v) is 15.1. The average Bonchev–Trinajstić information content (AvgIpc) is 3.03. The molecule has 0 radical (unpaired) electrons. The zero-order valence-electron chi connectivity index (χ0n) is 24.5. The van der Waals surface area contributed by atoms with E-state index in [4.69, 9.17) is 17.0 Å². The van der Waals surface area contributed by atoms with Gasteiger partial charge in [-0.15, -0.1) is 0 Å². The van der Waals surface area contributed by atoms with Crippen LogP contribution in [0.1, 0.15) is 111 Å². The number of likely N-dealkylation sites (N-methyl/N-ethyl adjacent to an activating group) is 1. The van der Waals surface area contributed by atoms with E-state index < -0.39 is 0 Å². The number of ether oxygens (including phenoxy) is 1. The first-order valence-corrected chi connectivity index (χ1v) is 15.8. The normalized spacial score (nSPS) is 47.1. The zero-order chi connectivity index (χ0) is 26.6. The molecule has 9 atom stereocenters. The summed E-state index contributed by atoms with van der Waals surface area (Å²) in [6.07, 6.45) is 16.0. The van der Waals surface area contributed by atoms with Crippen molar-refractivity contribution in [2.45, 2.75) is 129 Å². The molecule has 2 N–H and O–H groups in total. The second-order valence-electron chi connectivity index (χ2n) is 14.7. The Morgan fingerprint density at radius 1 is 0.946 bits per heavy atom. The number of carbonyl (C=O) groups excluding carboxylic acids is 1. The van der Waals surface area contributed by atoms with Gasteiger partial charge in [-0.1, -0.05) is 33.1 Å². The van der Waals surface area contributed by atoms with Crippen molar-refractivity contribution in [3.63, 3.8) is 0 Å². The summed E-state index contributed by atoms with van der Waals surface area (Å²) < 4.78 is 5.66. The quantitative estimate of drug-likeness (QED) is 0.332. The lowest BCUT2D eigenvalue weighted by Gasteiger charge is -2.64. The molecule has 0 unspecified atom stereocenters. The summed E-state index contributed by atoms with van der Waals surface area (Å²) in [6, 6.07) is 1.45. The Balaban J connectivity index is 1.32.